The normalized spacial score (nSPS) is 10.5. The molecule has 0 saturated carbocycles. The van der Waals surface area contributed by atoms with Crippen molar-refractivity contribution >= 4 is 21.6 Å². The van der Waals surface area contributed by atoms with Crippen molar-refractivity contribution in [3.05, 3.63) is 52.3 Å². The van der Waals surface area contributed by atoms with Gasteiger partial charge < -0.3 is 9.88 Å². The molecule has 0 amide bonds. The van der Waals surface area contributed by atoms with E-state index in [9.17, 15) is 0 Å². The lowest BCUT2D eigenvalue weighted by Gasteiger charge is -2.10. The first-order chi connectivity index (χ1) is 8.19. The second-order valence-corrected chi connectivity index (χ2v) is 5.07. The fourth-order valence-corrected chi connectivity index (χ4v) is 2.56. The average molecular weight is 293 g/mol. The van der Waals surface area contributed by atoms with Crippen LogP contribution in [0.1, 0.15) is 18.2 Å². The van der Waals surface area contributed by atoms with Gasteiger partial charge in [-0.2, -0.15) is 0 Å². The topological polar surface area (TPSA) is 17.0 Å². The first kappa shape index (κ1) is 12.2. The molecular formula is C14H17BrN2. The molecule has 0 radical (unpaired) electrons. The van der Waals surface area contributed by atoms with Gasteiger partial charge in [0.2, 0.25) is 0 Å². The van der Waals surface area contributed by atoms with Gasteiger partial charge >= 0.3 is 0 Å². The third-order valence-electron chi connectivity index (χ3n) is 2.78. The molecule has 0 aliphatic rings. The summed E-state index contributed by atoms with van der Waals surface area (Å²) in [6, 6.07) is 10.6. The third kappa shape index (κ3) is 3.13. The van der Waals surface area contributed by atoms with Crippen molar-refractivity contribution in [1.82, 2.24) is 4.57 Å². The second-order valence-electron chi connectivity index (χ2n) is 4.16. The fraction of sp³-hybridized carbons (Fsp3) is 0.286. The van der Waals surface area contributed by atoms with Crippen molar-refractivity contribution in [3.8, 4) is 0 Å². The van der Waals surface area contributed by atoms with Gasteiger partial charge in [0, 0.05) is 28.6 Å². The van der Waals surface area contributed by atoms with Gasteiger partial charge in [-0.1, -0.05) is 15.9 Å². The van der Waals surface area contributed by atoms with Crippen LogP contribution in [0.2, 0.25) is 0 Å². The van der Waals surface area contributed by atoms with E-state index in [4.69, 9.17) is 0 Å². The van der Waals surface area contributed by atoms with E-state index in [1.165, 1.54) is 11.3 Å². The highest BCUT2D eigenvalue weighted by Crippen LogP contribution is 2.19. The first-order valence-corrected chi connectivity index (χ1v) is 6.63. The van der Waals surface area contributed by atoms with Gasteiger partial charge in [-0.25, -0.2) is 0 Å². The predicted octanol–water partition coefficient (Wildman–Crippen LogP) is 4.19. The maximum Gasteiger partial charge on any atom is 0.0553 e. The summed E-state index contributed by atoms with van der Waals surface area (Å²) in [5.41, 5.74) is 3.72. The Bertz CT molecular complexity index is 482. The number of nitrogens with zero attached hydrogens (tertiary/aromatic N) is 1. The van der Waals surface area contributed by atoms with Crippen molar-refractivity contribution in [2.45, 2.75) is 26.9 Å². The highest BCUT2D eigenvalue weighted by atomic mass is 79.9. The van der Waals surface area contributed by atoms with Gasteiger partial charge in [0.1, 0.15) is 0 Å². The van der Waals surface area contributed by atoms with E-state index in [2.05, 4.69) is 76.2 Å². The van der Waals surface area contributed by atoms with Crippen LogP contribution in [0.3, 0.4) is 0 Å². The quantitative estimate of drug-likeness (QED) is 0.894. The van der Waals surface area contributed by atoms with Crippen LogP contribution < -0.4 is 5.32 Å². The lowest BCUT2D eigenvalue weighted by Crippen LogP contribution is -2.06. The third-order valence-corrected chi connectivity index (χ3v) is 3.24. The molecule has 0 fully saturated rings. The van der Waals surface area contributed by atoms with E-state index in [1.54, 1.807) is 0 Å². The molecule has 3 heteroatoms. The van der Waals surface area contributed by atoms with Crippen LogP contribution in [0.4, 0.5) is 5.69 Å². The van der Waals surface area contributed by atoms with Gasteiger partial charge in [0.25, 0.3) is 0 Å². The molecule has 1 heterocycles. The zero-order valence-corrected chi connectivity index (χ0v) is 11.8. The molecule has 17 heavy (non-hydrogen) atoms. The highest BCUT2D eigenvalue weighted by molar-refractivity contribution is 9.10. The van der Waals surface area contributed by atoms with Crippen LogP contribution in [0.5, 0.6) is 0 Å². The van der Waals surface area contributed by atoms with Crippen LogP contribution in [0.25, 0.3) is 0 Å². The second kappa shape index (κ2) is 5.41. The summed E-state index contributed by atoms with van der Waals surface area (Å²) < 4.78 is 3.36. The van der Waals surface area contributed by atoms with Gasteiger partial charge in [0.05, 0.1) is 6.54 Å². The summed E-state index contributed by atoms with van der Waals surface area (Å²) in [5, 5.41) is 3.45. The van der Waals surface area contributed by atoms with Crippen molar-refractivity contribution < 1.29 is 0 Å². The summed E-state index contributed by atoms with van der Waals surface area (Å²) in [7, 11) is 0. The predicted molar refractivity (Wildman–Crippen MR) is 76.3 cm³/mol. The van der Waals surface area contributed by atoms with E-state index in [-0.39, 0.29) is 0 Å². The number of halogens is 1. The summed E-state index contributed by atoms with van der Waals surface area (Å²) in [4.78, 5) is 0. The molecule has 0 bridgehead atoms. The number of benzene rings is 1. The number of hydrogen-bond donors (Lipinski definition) is 1. The fourth-order valence-electron chi connectivity index (χ4n) is 1.95. The number of nitrogens with one attached hydrogen (secondary N) is 1. The molecule has 0 aliphatic carbocycles. The zero-order chi connectivity index (χ0) is 12.3. The Hall–Kier alpha value is -1.22. The van der Waals surface area contributed by atoms with Gasteiger partial charge in [-0.15, -0.1) is 0 Å². The smallest absolute Gasteiger partial charge is 0.0553 e. The monoisotopic (exact) mass is 292 g/mol. The maximum atomic E-state index is 3.51. The van der Waals surface area contributed by atoms with Crippen LogP contribution in [0, 0.1) is 6.92 Å². The van der Waals surface area contributed by atoms with Gasteiger partial charge in [-0.05, 0) is 49.7 Å². The molecule has 2 aromatic rings. The summed E-state index contributed by atoms with van der Waals surface area (Å²) in [6.45, 7) is 6.13. The molecule has 0 spiro atoms. The molecule has 90 valence electrons. The van der Waals surface area contributed by atoms with E-state index in [1.807, 2.05) is 0 Å². The molecule has 2 nitrogen and oxygen atoms in total. The van der Waals surface area contributed by atoms with Crippen LogP contribution in [-0.4, -0.2) is 4.57 Å². The lowest BCUT2D eigenvalue weighted by molar-refractivity contribution is 0.724. The maximum absolute atomic E-state index is 3.51. The largest absolute Gasteiger partial charge is 0.379 e. The highest BCUT2D eigenvalue weighted by Gasteiger charge is 2.00. The molecule has 0 aliphatic heterocycles. The van der Waals surface area contributed by atoms with E-state index >= 15 is 0 Å². The molecule has 2 rings (SSSR count). The number of aryl methyl sites for hydroxylation is 2. The van der Waals surface area contributed by atoms with Crippen LogP contribution in [0.15, 0.2) is 41.0 Å². The Morgan fingerprint density at radius 3 is 2.82 bits per heavy atom. The van der Waals surface area contributed by atoms with Gasteiger partial charge in [-0.3, -0.25) is 0 Å². The van der Waals surface area contributed by atoms with Gasteiger partial charge in [0.15, 0.2) is 0 Å². The molecule has 0 unspecified atom stereocenters. The van der Waals surface area contributed by atoms with E-state index in [0.717, 1.165) is 23.2 Å². The number of aromatic nitrogens is 1. The Morgan fingerprint density at radius 1 is 1.29 bits per heavy atom. The zero-order valence-electron chi connectivity index (χ0n) is 10.2. The lowest BCUT2D eigenvalue weighted by atomic mass is 10.2. The van der Waals surface area contributed by atoms with Crippen LogP contribution in [-0.2, 0) is 13.1 Å². The molecule has 0 saturated heterocycles. The molecule has 0 atom stereocenters. The van der Waals surface area contributed by atoms with Crippen LogP contribution >= 0.6 is 15.9 Å². The van der Waals surface area contributed by atoms with Crippen molar-refractivity contribution in [2.75, 3.05) is 5.32 Å². The Kier molecular flexibility index (Phi) is 3.89. The Balaban J connectivity index is 2.07. The Labute approximate surface area is 111 Å². The minimum Gasteiger partial charge on any atom is -0.379 e. The van der Waals surface area contributed by atoms with E-state index in [0.29, 0.717) is 0 Å². The first-order valence-electron chi connectivity index (χ1n) is 5.84. The van der Waals surface area contributed by atoms with Crippen molar-refractivity contribution in [3.63, 3.8) is 0 Å². The van der Waals surface area contributed by atoms with Crippen molar-refractivity contribution in [1.29, 1.82) is 0 Å². The standard InChI is InChI=1S/C14H17BrN2/c1-3-17-6-4-5-14(17)10-16-13-8-11(2)7-12(15)9-13/h4-9,16H,3,10H2,1-2H3. The number of anilines is 1. The average Bonchev–Trinajstić information content (AvgIpc) is 2.72. The minimum atomic E-state index is 0.858. The summed E-state index contributed by atoms with van der Waals surface area (Å²) in [5.74, 6) is 0. The molecule has 1 N–H and O–H groups in total. The molecule has 1 aromatic carbocycles. The number of hydrogen-bond acceptors (Lipinski definition) is 1. The molecule has 1 aromatic heterocycles. The molecular weight excluding hydrogens is 276 g/mol. The summed E-state index contributed by atoms with van der Waals surface area (Å²) in [6.07, 6.45) is 2.11. The summed E-state index contributed by atoms with van der Waals surface area (Å²) >= 11 is 3.51. The Morgan fingerprint density at radius 2 is 2.12 bits per heavy atom. The van der Waals surface area contributed by atoms with Crippen molar-refractivity contribution in [2.24, 2.45) is 0 Å². The minimum absolute atomic E-state index is 0.858. The SMILES string of the molecule is CCn1cccc1CNc1cc(C)cc(Br)c1. The number of rotatable bonds is 4. The van der Waals surface area contributed by atoms with E-state index < -0.39 is 0 Å².